The lowest BCUT2D eigenvalue weighted by Gasteiger charge is -2.38. The lowest BCUT2D eigenvalue weighted by atomic mass is 9.97. The molecule has 0 N–H and O–H groups in total. The minimum absolute atomic E-state index is 0.155. The Kier molecular flexibility index (Phi) is 7.71. The fraction of sp³-hybridized carbons (Fsp3) is 0.417. The van der Waals surface area contributed by atoms with Gasteiger partial charge < -0.3 is 19.1 Å². The molecule has 2 unspecified atom stereocenters. The molecule has 30 heavy (non-hydrogen) atoms. The summed E-state index contributed by atoms with van der Waals surface area (Å²) in [5.74, 6) is 0.442. The lowest BCUT2D eigenvalue weighted by Crippen LogP contribution is -2.49. The third kappa shape index (κ3) is 5.75. The molecule has 3 rings (SSSR count). The van der Waals surface area contributed by atoms with Gasteiger partial charge in [0.15, 0.2) is 6.61 Å². The number of ether oxygens (including phenoxy) is 3. The Bertz CT molecular complexity index is 828. The Morgan fingerprint density at radius 3 is 2.27 bits per heavy atom. The molecule has 0 bridgehead atoms. The fourth-order valence-corrected chi connectivity index (χ4v) is 3.78. The number of benzene rings is 2. The zero-order valence-corrected chi connectivity index (χ0v) is 17.6. The highest BCUT2D eigenvalue weighted by Gasteiger charge is 2.29. The van der Waals surface area contributed by atoms with E-state index < -0.39 is 5.97 Å². The molecule has 0 aliphatic carbocycles. The summed E-state index contributed by atoms with van der Waals surface area (Å²) in [6, 6.07) is 16.6. The number of carbonyl (C=O) groups is 2. The van der Waals surface area contributed by atoms with Crippen LogP contribution in [0.5, 0.6) is 11.5 Å². The molecule has 2 atom stereocenters. The molecule has 6 heteroatoms. The largest absolute Gasteiger partial charge is 0.490 e. The SMILES string of the molecule is CC1CCCC(C)N1C(=O)COC(=O)c1ccccc1OCCOc1ccccc1. The first kappa shape index (κ1) is 21.7. The van der Waals surface area contributed by atoms with Gasteiger partial charge in [0.25, 0.3) is 5.91 Å². The zero-order chi connectivity index (χ0) is 21.3. The van der Waals surface area contributed by atoms with E-state index >= 15 is 0 Å². The van der Waals surface area contributed by atoms with Gasteiger partial charge in [-0.15, -0.1) is 0 Å². The predicted molar refractivity (Wildman–Crippen MR) is 114 cm³/mol. The van der Waals surface area contributed by atoms with Crippen LogP contribution < -0.4 is 9.47 Å². The van der Waals surface area contributed by atoms with E-state index in [4.69, 9.17) is 14.2 Å². The summed E-state index contributed by atoms with van der Waals surface area (Å²) in [5, 5.41) is 0. The maximum absolute atomic E-state index is 12.6. The number of nitrogens with zero attached hydrogens (tertiary/aromatic N) is 1. The normalized spacial score (nSPS) is 18.5. The molecule has 2 aromatic rings. The van der Waals surface area contributed by atoms with Crippen molar-refractivity contribution < 1.29 is 23.8 Å². The van der Waals surface area contributed by atoms with Crippen molar-refractivity contribution >= 4 is 11.9 Å². The maximum atomic E-state index is 12.6. The van der Waals surface area contributed by atoms with Gasteiger partial charge in [0, 0.05) is 12.1 Å². The van der Waals surface area contributed by atoms with Crippen molar-refractivity contribution in [3.05, 3.63) is 60.2 Å². The second-order valence-corrected chi connectivity index (χ2v) is 7.51. The minimum Gasteiger partial charge on any atom is -0.490 e. The molecular weight excluding hydrogens is 382 g/mol. The van der Waals surface area contributed by atoms with Crippen LogP contribution in [0.2, 0.25) is 0 Å². The molecule has 1 aliphatic rings. The average molecular weight is 411 g/mol. The van der Waals surface area contributed by atoms with Crippen LogP contribution in [0.1, 0.15) is 43.5 Å². The maximum Gasteiger partial charge on any atom is 0.342 e. The number of esters is 1. The van der Waals surface area contributed by atoms with Crippen LogP contribution in [-0.4, -0.2) is 48.7 Å². The van der Waals surface area contributed by atoms with Crippen molar-refractivity contribution in [2.45, 2.75) is 45.2 Å². The van der Waals surface area contributed by atoms with Gasteiger partial charge in [0.1, 0.15) is 30.3 Å². The van der Waals surface area contributed by atoms with Gasteiger partial charge in [0.05, 0.1) is 0 Å². The minimum atomic E-state index is -0.569. The fourth-order valence-electron chi connectivity index (χ4n) is 3.78. The average Bonchev–Trinajstić information content (AvgIpc) is 2.76. The third-order valence-corrected chi connectivity index (χ3v) is 5.27. The van der Waals surface area contributed by atoms with Gasteiger partial charge in [0.2, 0.25) is 0 Å². The van der Waals surface area contributed by atoms with Gasteiger partial charge in [-0.1, -0.05) is 30.3 Å². The van der Waals surface area contributed by atoms with Crippen molar-refractivity contribution in [1.82, 2.24) is 4.90 Å². The van der Waals surface area contributed by atoms with E-state index in [1.165, 1.54) is 0 Å². The number of carbonyl (C=O) groups excluding carboxylic acids is 2. The molecule has 6 nitrogen and oxygen atoms in total. The van der Waals surface area contributed by atoms with Crippen LogP contribution in [0.15, 0.2) is 54.6 Å². The van der Waals surface area contributed by atoms with E-state index in [0.717, 1.165) is 25.0 Å². The number of amides is 1. The van der Waals surface area contributed by atoms with E-state index in [0.29, 0.717) is 17.9 Å². The number of rotatable bonds is 8. The summed E-state index contributed by atoms with van der Waals surface area (Å²) in [7, 11) is 0. The van der Waals surface area contributed by atoms with Crippen LogP contribution in [0.25, 0.3) is 0 Å². The van der Waals surface area contributed by atoms with E-state index in [1.807, 2.05) is 49.1 Å². The number of hydrogen-bond acceptors (Lipinski definition) is 5. The third-order valence-electron chi connectivity index (χ3n) is 5.27. The van der Waals surface area contributed by atoms with E-state index in [2.05, 4.69) is 0 Å². The van der Waals surface area contributed by atoms with Crippen LogP contribution >= 0.6 is 0 Å². The van der Waals surface area contributed by atoms with Gasteiger partial charge >= 0.3 is 5.97 Å². The Morgan fingerprint density at radius 2 is 1.53 bits per heavy atom. The standard InChI is InChI=1S/C24H29NO5/c1-18-9-8-10-19(2)25(18)23(26)17-30-24(27)21-13-6-7-14-22(21)29-16-15-28-20-11-4-3-5-12-20/h3-7,11-14,18-19H,8-10,15-17H2,1-2H3. The first-order valence-electron chi connectivity index (χ1n) is 10.4. The zero-order valence-electron chi connectivity index (χ0n) is 17.6. The number of hydrogen-bond donors (Lipinski definition) is 0. The molecule has 0 saturated carbocycles. The summed E-state index contributed by atoms with van der Waals surface area (Å²) < 4.78 is 16.6. The Balaban J connectivity index is 1.51. The first-order chi connectivity index (χ1) is 14.6. The number of likely N-dealkylation sites (tertiary alicyclic amines) is 1. The second-order valence-electron chi connectivity index (χ2n) is 7.51. The summed E-state index contributed by atoms with van der Waals surface area (Å²) >= 11 is 0. The molecular formula is C24H29NO5. The number of para-hydroxylation sites is 2. The van der Waals surface area contributed by atoms with Crippen molar-refractivity contribution in [1.29, 1.82) is 0 Å². The Labute approximate surface area is 177 Å². The van der Waals surface area contributed by atoms with E-state index in [-0.39, 0.29) is 31.2 Å². The lowest BCUT2D eigenvalue weighted by molar-refractivity contribution is -0.140. The van der Waals surface area contributed by atoms with Crippen LogP contribution in [0.3, 0.4) is 0 Å². The molecule has 0 radical (unpaired) electrons. The summed E-state index contributed by atoms with van der Waals surface area (Å²) in [6.45, 7) is 4.43. The molecule has 1 amide bonds. The van der Waals surface area contributed by atoms with Crippen molar-refractivity contribution in [3.63, 3.8) is 0 Å². The molecule has 1 fully saturated rings. The number of piperidine rings is 1. The summed E-state index contributed by atoms with van der Waals surface area (Å²) in [5.41, 5.74) is 0.296. The monoisotopic (exact) mass is 411 g/mol. The molecule has 0 aromatic heterocycles. The van der Waals surface area contributed by atoms with Crippen molar-refractivity contribution in [2.24, 2.45) is 0 Å². The molecule has 0 spiro atoms. The van der Waals surface area contributed by atoms with Crippen molar-refractivity contribution in [3.8, 4) is 11.5 Å². The highest BCUT2D eigenvalue weighted by molar-refractivity contribution is 5.94. The first-order valence-corrected chi connectivity index (χ1v) is 10.4. The molecule has 1 aliphatic heterocycles. The van der Waals surface area contributed by atoms with Gasteiger partial charge in [-0.3, -0.25) is 4.79 Å². The van der Waals surface area contributed by atoms with Crippen molar-refractivity contribution in [2.75, 3.05) is 19.8 Å². The van der Waals surface area contributed by atoms with Gasteiger partial charge in [-0.25, -0.2) is 4.79 Å². The van der Waals surface area contributed by atoms with E-state index in [9.17, 15) is 9.59 Å². The molecule has 1 saturated heterocycles. The van der Waals surface area contributed by atoms with E-state index in [1.54, 1.807) is 24.3 Å². The van der Waals surface area contributed by atoms with Crippen LogP contribution in [0, 0.1) is 0 Å². The molecule has 160 valence electrons. The molecule has 2 aromatic carbocycles. The second kappa shape index (κ2) is 10.7. The highest BCUT2D eigenvalue weighted by Crippen LogP contribution is 2.23. The molecule has 1 heterocycles. The smallest absolute Gasteiger partial charge is 0.342 e. The summed E-state index contributed by atoms with van der Waals surface area (Å²) in [6.07, 6.45) is 3.07. The highest BCUT2D eigenvalue weighted by atomic mass is 16.5. The summed E-state index contributed by atoms with van der Waals surface area (Å²) in [4.78, 5) is 27.0. The quantitative estimate of drug-likeness (QED) is 0.484. The van der Waals surface area contributed by atoms with Crippen LogP contribution in [0.4, 0.5) is 0 Å². The van der Waals surface area contributed by atoms with Gasteiger partial charge in [-0.05, 0) is 57.4 Å². The predicted octanol–water partition coefficient (Wildman–Crippen LogP) is 4.09. The Morgan fingerprint density at radius 1 is 0.900 bits per heavy atom. The van der Waals surface area contributed by atoms with Gasteiger partial charge in [-0.2, -0.15) is 0 Å². The topological polar surface area (TPSA) is 65.1 Å². The Hall–Kier alpha value is -3.02. The van der Waals surface area contributed by atoms with Crippen LogP contribution in [-0.2, 0) is 9.53 Å².